The monoisotopic (exact) mass is 313 g/mol. The molecule has 1 amide bonds. The average molecular weight is 313 g/mol. The smallest absolute Gasteiger partial charge is 0.258 e. The Morgan fingerprint density at radius 2 is 2.04 bits per heavy atom. The van der Waals surface area contributed by atoms with Crippen molar-refractivity contribution in [2.45, 2.75) is 33.7 Å². The first-order valence-corrected chi connectivity index (χ1v) is 7.41. The summed E-state index contributed by atoms with van der Waals surface area (Å²) < 4.78 is 6.92. The number of amides is 1. The molecule has 3 heterocycles. The molecule has 3 aromatic heterocycles. The van der Waals surface area contributed by atoms with E-state index in [0.717, 1.165) is 11.3 Å². The maximum Gasteiger partial charge on any atom is 0.258 e. The van der Waals surface area contributed by atoms with Gasteiger partial charge in [0.1, 0.15) is 0 Å². The van der Waals surface area contributed by atoms with Gasteiger partial charge in [0.2, 0.25) is 0 Å². The number of pyridine rings is 1. The molecule has 0 fully saturated rings. The highest BCUT2D eigenvalue weighted by molar-refractivity contribution is 6.06. The van der Waals surface area contributed by atoms with Gasteiger partial charge in [0.15, 0.2) is 0 Å². The van der Waals surface area contributed by atoms with Crippen molar-refractivity contribution in [3.63, 3.8) is 0 Å². The first-order valence-electron chi connectivity index (χ1n) is 7.41. The summed E-state index contributed by atoms with van der Waals surface area (Å²) in [6.07, 6.45) is 1.92. The molecule has 0 aliphatic heterocycles. The van der Waals surface area contributed by atoms with Gasteiger partial charge in [0.25, 0.3) is 11.6 Å². The molecular formula is C16H19N5O2. The second-order valence-electron chi connectivity index (χ2n) is 5.80. The van der Waals surface area contributed by atoms with Gasteiger partial charge >= 0.3 is 0 Å². The van der Waals surface area contributed by atoms with E-state index in [-0.39, 0.29) is 11.9 Å². The molecular weight excluding hydrogens is 294 g/mol. The van der Waals surface area contributed by atoms with Gasteiger partial charge in [-0.15, -0.1) is 0 Å². The molecule has 0 radical (unpaired) electrons. The summed E-state index contributed by atoms with van der Waals surface area (Å²) in [5, 5.41) is 11.9. The topological polar surface area (TPSA) is 85.8 Å². The lowest BCUT2D eigenvalue weighted by molar-refractivity contribution is 0.0941. The highest BCUT2D eigenvalue weighted by Crippen LogP contribution is 2.23. The standard InChI is InChI=1S/C16H19N5O2/c1-8-6-12(14-11(4)20-23-16(14)17-8)15(22)18-9(2)13-7-21(5)19-10(13)3/h6-7,9H,1-5H3,(H,18,22). The zero-order valence-electron chi connectivity index (χ0n) is 13.8. The molecule has 1 N–H and O–H groups in total. The van der Waals surface area contributed by atoms with Gasteiger partial charge in [-0.2, -0.15) is 5.10 Å². The summed E-state index contributed by atoms with van der Waals surface area (Å²) in [5.74, 6) is -0.178. The minimum absolute atomic E-state index is 0.153. The Kier molecular flexibility index (Phi) is 3.63. The number of fused-ring (bicyclic) bond motifs is 1. The van der Waals surface area contributed by atoms with E-state index in [2.05, 4.69) is 20.6 Å². The molecule has 7 heteroatoms. The second-order valence-corrected chi connectivity index (χ2v) is 5.80. The maximum absolute atomic E-state index is 12.7. The van der Waals surface area contributed by atoms with Crippen LogP contribution in [-0.4, -0.2) is 25.8 Å². The summed E-state index contributed by atoms with van der Waals surface area (Å²) in [5.41, 5.74) is 4.17. The highest BCUT2D eigenvalue weighted by Gasteiger charge is 2.20. The number of hydrogen-bond donors (Lipinski definition) is 1. The van der Waals surface area contributed by atoms with Crippen LogP contribution in [0.5, 0.6) is 0 Å². The third-order valence-electron chi connectivity index (χ3n) is 3.86. The summed E-state index contributed by atoms with van der Waals surface area (Å²) >= 11 is 0. The number of carbonyl (C=O) groups is 1. The number of nitrogens with one attached hydrogen (secondary N) is 1. The van der Waals surface area contributed by atoms with Gasteiger partial charge in [0.05, 0.1) is 28.4 Å². The third kappa shape index (κ3) is 2.69. The lowest BCUT2D eigenvalue weighted by atomic mass is 10.1. The van der Waals surface area contributed by atoms with Crippen molar-refractivity contribution >= 4 is 17.0 Å². The predicted octanol–water partition coefficient (Wildman–Crippen LogP) is 2.37. The van der Waals surface area contributed by atoms with Crippen LogP contribution in [0.15, 0.2) is 16.8 Å². The molecule has 1 atom stereocenters. The first-order chi connectivity index (χ1) is 10.9. The van der Waals surface area contributed by atoms with Gasteiger partial charge in [-0.3, -0.25) is 9.48 Å². The second kappa shape index (κ2) is 5.49. The molecule has 0 spiro atoms. The van der Waals surface area contributed by atoms with E-state index >= 15 is 0 Å². The zero-order valence-corrected chi connectivity index (χ0v) is 13.8. The van der Waals surface area contributed by atoms with Crippen LogP contribution in [0.25, 0.3) is 11.1 Å². The van der Waals surface area contributed by atoms with Crippen LogP contribution in [0.2, 0.25) is 0 Å². The van der Waals surface area contributed by atoms with Crippen LogP contribution in [0.4, 0.5) is 0 Å². The number of rotatable bonds is 3. The average Bonchev–Trinajstić information content (AvgIpc) is 3.00. The van der Waals surface area contributed by atoms with Crippen LogP contribution in [0.3, 0.4) is 0 Å². The molecule has 7 nitrogen and oxygen atoms in total. The highest BCUT2D eigenvalue weighted by atomic mass is 16.5. The molecule has 3 aromatic rings. The van der Waals surface area contributed by atoms with Crippen LogP contribution < -0.4 is 5.32 Å². The van der Waals surface area contributed by atoms with E-state index < -0.39 is 0 Å². The van der Waals surface area contributed by atoms with E-state index in [9.17, 15) is 4.79 Å². The zero-order chi connectivity index (χ0) is 16.7. The van der Waals surface area contributed by atoms with Crippen molar-refractivity contribution in [2.24, 2.45) is 7.05 Å². The van der Waals surface area contributed by atoms with E-state index in [4.69, 9.17) is 4.52 Å². The van der Waals surface area contributed by atoms with E-state index in [1.54, 1.807) is 17.7 Å². The van der Waals surface area contributed by atoms with Crippen molar-refractivity contribution in [1.29, 1.82) is 0 Å². The minimum Gasteiger partial charge on any atom is -0.345 e. The summed E-state index contributed by atoms with van der Waals surface area (Å²) in [7, 11) is 1.86. The van der Waals surface area contributed by atoms with Crippen molar-refractivity contribution < 1.29 is 9.32 Å². The fourth-order valence-electron chi connectivity index (χ4n) is 2.79. The van der Waals surface area contributed by atoms with E-state index in [1.807, 2.05) is 34.0 Å². The molecule has 0 saturated carbocycles. The van der Waals surface area contributed by atoms with E-state index in [0.29, 0.717) is 28.1 Å². The number of nitrogens with zero attached hydrogens (tertiary/aromatic N) is 4. The Hall–Kier alpha value is -2.70. The molecule has 0 bridgehead atoms. The fraction of sp³-hybridized carbons (Fsp3) is 0.375. The Balaban J connectivity index is 1.95. The molecule has 120 valence electrons. The number of hydrogen-bond acceptors (Lipinski definition) is 5. The van der Waals surface area contributed by atoms with E-state index in [1.165, 1.54) is 0 Å². The van der Waals surface area contributed by atoms with Crippen molar-refractivity contribution in [3.05, 3.63) is 40.5 Å². The minimum atomic E-state index is -0.178. The number of aryl methyl sites for hydroxylation is 4. The van der Waals surface area contributed by atoms with Gasteiger partial charge in [0, 0.05) is 24.5 Å². The van der Waals surface area contributed by atoms with Crippen LogP contribution in [0, 0.1) is 20.8 Å². The van der Waals surface area contributed by atoms with Crippen molar-refractivity contribution in [2.75, 3.05) is 0 Å². The Morgan fingerprint density at radius 1 is 1.30 bits per heavy atom. The van der Waals surface area contributed by atoms with Crippen molar-refractivity contribution in [1.82, 2.24) is 25.2 Å². The molecule has 0 aliphatic carbocycles. The Labute approximate surface area is 133 Å². The van der Waals surface area contributed by atoms with Crippen LogP contribution in [0.1, 0.15) is 46.0 Å². The largest absolute Gasteiger partial charge is 0.345 e. The summed E-state index contributed by atoms with van der Waals surface area (Å²) in [6, 6.07) is 1.60. The Bertz CT molecular complexity index is 893. The van der Waals surface area contributed by atoms with Crippen LogP contribution >= 0.6 is 0 Å². The molecule has 0 saturated heterocycles. The molecule has 0 aromatic carbocycles. The summed E-state index contributed by atoms with van der Waals surface area (Å²) in [6.45, 7) is 7.49. The normalized spacial score (nSPS) is 12.6. The number of aromatic nitrogens is 4. The van der Waals surface area contributed by atoms with Gasteiger partial charge < -0.3 is 9.84 Å². The molecule has 1 unspecified atom stereocenters. The quantitative estimate of drug-likeness (QED) is 0.802. The Morgan fingerprint density at radius 3 is 2.70 bits per heavy atom. The maximum atomic E-state index is 12.7. The lowest BCUT2D eigenvalue weighted by Gasteiger charge is -2.14. The van der Waals surface area contributed by atoms with Crippen LogP contribution in [-0.2, 0) is 7.05 Å². The SMILES string of the molecule is Cc1cc(C(=O)NC(C)c2cn(C)nc2C)c2c(C)noc2n1. The van der Waals surface area contributed by atoms with Crippen molar-refractivity contribution in [3.8, 4) is 0 Å². The summed E-state index contributed by atoms with van der Waals surface area (Å²) in [4.78, 5) is 17.0. The molecule has 23 heavy (non-hydrogen) atoms. The molecule has 0 aliphatic rings. The lowest BCUT2D eigenvalue weighted by Crippen LogP contribution is -2.27. The predicted molar refractivity (Wildman–Crippen MR) is 85.1 cm³/mol. The van der Waals surface area contributed by atoms with Gasteiger partial charge in [-0.25, -0.2) is 4.98 Å². The van der Waals surface area contributed by atoms with Gasteiger partial charge in [-0.1, -0.05) is 5.16 Å². The third-order valence-corrected chi connectivity index (χ3v) is 3.86. The first kappa shape index (κ1) is 15.2. The molecule has 3 rings (SSSR count). The number of carbonyl (C=O) groups excluding carboxylic acids is 1. The van der Waals surface area contributed by atoms with Gasteiger partial charge in [-0.05, 0) is 33.8 Å². The fourth-order valence-corrected chi connectivity index (χ4v) is 2.79.